The summed E-state index contributed by atoms with van der Waals surface area (Å²) in [4.78, 5) is 65.3. The lowest BCUT2D eigenvalue weighted by Gasteiger charge is -2.28. The summed E-state index contributed by atoms with van der Waals surface area (Å²) in [6.07, 6.45) is 3.75. The normalized spacial score (nSPS) is 18.2. The number of fused-ring (bicyclic) bond motifs is 1. The molecule has 1 aromatic carbocycles. The number of hydrogen-bond donors (Lipinski definition) is 3. The molecular formula is C32H44N8O4S. The van der Waals surface area contributed by atoms with Gasteiger partial charge in [0.15, 0.2) is 11.6 Å². The summed E-state index contributed by atoms with van der Waals surface area (Å²) in [6, 6.07) is 8.50. The smallest absolute Gasteiger partial charge is 0.344 e. The van der Waals surface area contributed by atoms with Gasteiger partial charge in [-0.15, -0.1) is 0 Å². The van der Waals surface area contributed by atoms with Crippen molar-refractivity contribution in [3.05, 3.63) is 63.6 Å². The first-order valence-electron chi connectivity index (χ1n) is 15.5. The van der Waals surface area contributed by atoms with Crippen LogP contribution in [0.1, 0.15) is 68.3 Å². The molecule has 2 atom stereocenters. The fourth-order valence-corrected chi connectivity index (χ4v) is 6.00. The lowest BCUT2D eigenvalue weighted by Crippen LogP contribution is -2.49. The quantitative estimate of drug-likeness (QED) is 0.341. The van der Waals surface area contributed by atoms with E-state index in [2.05, 4.69) is 20.6 Å². The number of thioether (sulfide) groups is 1. The first-order valence-corrected chi connectivity index (χ1v) is 16.9. The van der Waals surface area contributed by atoms with Gasteiger partial charge in [-0.25, -0.2) is 14.5 Å². The zero-order valence-electron chi connectivity index (χ0n) is 26.8. The standard InChI is InChI=1S/C32H44N8O4S/c1-20(2)28-30-37-29(23-10-7-6-8-11-23)38-40(30)18-17-39(27(42)14-13-24-21(3)33-32(44)34-22(24)4)16-9-12-26(41)35-25(15-19-45-5)31(43)36-28/h6-8,10-11,20,25,28H,9,12-19H2,1-5H3,(H,35,41)(H,36,43)(H,33,34,44)/t25-,28+/m0/s1. The minimum Gasteiger partial charge on any atom is -0.344 e. The molecule has 242 valence electrons. The van der Waals surface area contributed by atoms with Crippen molar-refractivity contribution in [2.45, 2.75) is 78.4 Å². The monoisotopic (exact) mass is 636 g/mol. The molecule has 3 heterocycles. The van der Waals surface area contributed by atoms with E-state index < -0.39 is 17.8 Å². The van der Waals surface area contributed by atoms with Crippen LogP contribution in [0, 0.1) is 19.8 Å². The number of hydrogen-bond acceptors (Lipinski definition) is 8. The summed E-state index contributed by atoms with van der Waals surface area (Å²) in [5.41, 5.74) is 2.61. The van der Waals surface area contributed by atoms with Crippen LogP contribution in [-0.4, -0.2) is 78.5 Å². The average molecular weight is 637 g/mol. The predicted octanol–water partition coefficient (Wildman–Crippen LogP) is 2.95. The summed E-state index contributed by atoms with van der Waals surface area (Å²) >= 11 is 1.62. The number of benzene rings is 1. The Morgan fingerprint density at radius 1 is 1.04 bits per heavy atom. The number of aromatic amines is 1. The zero-order valence-corrected chi connectivity index (χ0v) is 27.6. The van der Waals surface area contributed by atoms with E-state index >= 15 is 0 Å². The number of carbonyl (C=O) groups excluding carboxylic acids is 3. The summed E-state index contributed by atoms with van der Waals surface area (Å²) < 4.78 is 1.80. The highest BCUT2D eigenvalue weighted by Crippen LogP contribution is 2.25. The van der Waals surface area contributed by atoms with Crippen molar-refractivity contribution >= 4 is 29.5 Å². The van der Waals surface area contributed by atoms with E-state index in [1.165, 1.54) is 0 Å². The highest BCUT2D eigenvalue weighted by atomic mass is 32.2. The van der Waals surface area contributed by atoms with Gasteiger partial charge in [0.1, 0.15) is 6.04 Å². The lowest BCUT2D eigenvalue weighted by atomic mass is 10.0. The van der Waals surface area contributed by atoms with Crippen molar-refractivity contribution < 1.29 is 14.4 Å². The van der Waals surface area contributed by atoms with Crippen LogP contribution in [0.5, 0.6) is 0 Å². The molecule has 0 bridgehead atoms. The fraction of sp³-hybridized carbons (Fsp3) is 0.531. The Hall–Kier alpha value is -4.00. The molecular weight excluding hydrogens is 592 g/mol. The second kappa shape index (κ2) is 15.8. The maximum absolute atomic E-state index is 13.6. The number of rotatable bonds is 8. The van der Waals surface area contributed by atoms with E-state index in [1.807, 2.05) is 57.4 Å². The van der Waals surface area contributed by atoms with Crippen LogP contribution in [0.2, 0.25) is 0 Å². The minimum absolute atomic E-state index is 0.0273. The second-order valence-corrected chi connectivity index (χ2v) is 12.7. The van der Waals surface area contributed by atoms with Gasteiger partial charge in [-0.05, 0) is 56.6 Å². The van der Waals surface area contributed by atoms with Gasteiger partial charge in [-0.3, -0.25) is 14.4 Å². The third-order valence-corrected chi connectivity index (χ3v) is 8.69. The Kier molecular flexibility index (Phi) is 11.9. The van der Waals surface area contributed by atoms with E-state index in [-0.39, 0.29) is 36.5 Å². The van der Waals surface area contributed by atoms with Crippen LogP contribution in [0.25, 0.3) is 11.4 Å². The van der Waals surface area contributed by atoms with Gasteiger partial charge in [-0.2, -0.15) is 21.8 Å². The maximum Gasteiger partial charge on any atom is 0.345 e. The molecule has 13 heteroatoms. The summed E-state index contributed by atoms with van der Waals surface area (Å²) in [6.45, 7) is 8.69. The molecule has 4 rings (SSSR count). The van der Waals surface area contributed by atoms with Crippen LogP contribution < -0.4 is 16.3 Å². The summed E-state index contributed by atoms with van der Waals surface area (Å²) in [7, 11) is 0. The van der Waals surface area contributed by atoms with Crippen LogP contribution in [0.4, 0.5) is 0 Å². The molecule has 0 unspecified atom stereocenters. The van der Waals surface area contributed by atoms with Crippen molar-refractivity contribution in [3.8, 4) is 11.4 Å². The molecule has 3 aromatic rings. The van der Waals surface area contributed by atoms with Gasteiger partial charge in [0.25, 0.3) is 0 Å². The molecule has 0 fully saturated rings. The van der Waals surface area contributed by atoms with Gasteiger partial charge in [0, 0.05) is 42.9 Å². The molecule has 0 spiro atoms. The van der Waals surface area contributed by atoms with Crippen molar-refractivity contribution in [2.24, 2.45) is 5.92 Å². The van der Waals surface area contributed by atoms with E-state index in [0.29, 0.717) is 67.7 Å². The van der Waals surface area contributed by atoms with Gasteiger partial charge in [0.2, 0.25) is 17.7 Å². The van der Waals surface area contributed by atoms with Gasteiger partial charge in [-0.1, -0.05) is 44.2 Å². The minimum atomic E-state index is -0.686. The van der Waals surface area contributed by atoms with Crippen molar-refractivity contribution in [1.29, 1.82) is 0 Å². The molecule has 0 aliphatic carbocycles. The predicted molar refractivity (Wildman–Crippen MR) is 175 cm³/mol. The number of H-pyrrole nitrogens is 1. The third kappa shape index (κ3) is 9.03. The molecule has 3 amide bonds. The van der Waals surface area contributed by atoms with Crippen LogP contribution >= 0.6 is 11.8 Å². The SMILES string of the molecule is CSCC[C@@H]1NC(=O)CCCN(C(=O)CCc2c(C)nc(=O)[nH]c2C)CCn2nc(-c3ccccc3)nc2[C@@H](C(C)C)NC1=O. The number of nitrogens with zero attached hydrogens (tertiary/aromatic N) is 5. The van der Waals surface area contributed by atoms with E-state index in [4.69, 9.17) is 10.1 Å². The van der Waals surface area contributed by atoms with Crippen LogP contribution in [0.3, 0.4) is 0 Å². The molecule has 1 aliphatic heterocycles. The highest BCUT2D eigenvalue weighted by Gasteiger charge is 2.30. The molecule has 0 saturated carbocycles. The largest absolute Gasteiger partial charge is 0.345 e. The maximum atomic E-state index is 13.6. The summed E-state index contributed by atoms with van der Waals surface area (Å²) in [5, 5.41) is 10.9. The molecule has 12 nitrogen and oxygen atoms in total. The van der Waals surface area contributed by atoms with Crippen molar-refractivity contribution in [3.63, 3.8) is 0 Å². The number of nitrogens with one attached hydrogen (secondary N) is 3. The Balaban J connectivity index is 1.66. The molecule has 0 saturated heterocycles. The van der Waals surface area contributed by atoms with Gasteiger partial charge < -0.3 is 20.5 Å². The second-order valence-electron chi connectivity index (χ2n) is 11.7. The van der Waals surface area contributed by atoms with E-state index in [0.717, 1.165) is 11.1 Å². The highest BCUT2D eigenvalue weighted by molar-refractivity contribution is 7.98. The fourth-order valence-electron chi connectivity index (χ4n) is 5.53. The number of aryl methyl sites for hydroxylation is 2. The third-order valence-electron chi connectivity index (χ3n) is 8.05. The Morgan fingerprint density at radius 2 is 1.80 bits per heavy atom. The Bertz CT molecular complexity index is 1510. The molecule has 2 aromatic heterocycles. The molecule has 0 radical (unpaired) electrons. The molecule has 45 heavy (non-hydrogen) atoms. The van der Waals surface area contributed by atoms with E-state index in [9.17, 15) is 19.2 Å². The van der Waals surface area contributed by atoms with Crippen molar-refractivity contribution in [1.82, 2.24) is 40.3 Å². The Morgan fingerprint density at radius 3 is 2.49 bits per heavy atom. The number of aromatic nitrogens is 5. The average Bonchev–Trinajstić information content (AvgIpc) is 3.42. The first-order chi connectivity index (χ1) is 21.6. The lowest BCUT2D eigenvalue weighted by molar-refractivity contribution is -0.132. The van der Waals surface area contributed by atoms with E-state index in [1.54, 1.807) is 28.3 Å². The molecule has 3 N–H and O–H groups in total. The number of amides is 3. The summed E-state index contributed by atoms with van der Waals surface area (Å²) in [5.74, 6) is 1.29. The Labute approximate surface area is 268 Å². The van der Waals surface area contributed by atoms with Crippen LogP contribution in [0.15, 0.2) is 35.1 Å². The zero-order chi connectivity index (χ0) is 32.5. The van der Waals surface area contributed by atoms with Gasteiger partial charge in [0.05, 0.1) is 12.6 Å². The van der Waals surface area contributed by atoms with Gasteiger partial charge >= 0.3 is 5.69 Å². The van der Waals surface area contributed by atoms with Crippen LogP contribution in [-0.2, 0) is 27.3 Å². The topological polar surface area (TPSA) is 155 Å². The number of carbonyl (C=O) groups is 3. The van der Waals surface area contributed by atoms with Crippen molar-refractivity contribution in [2.75, 3.05) is 25.1 Å². The molecule has 1 aliphatic rings. The first kappa shape index (κ1) is 33.9.